The van der Waals surface area contributed by atoms with Crippen LogP contribution in [0.4, 0.5) is 16.1 Å². The van der Waals surface area contributed by atoms with Crippen LogP contribution in [-0.4, -0.2) is 64.6 Å². The van der Waals surface area contributed by atoms with Crippen molar-refractivity contribution in [2.24, 2.45) is 0 Å². The van der Waals surface area contributed by atoms with Crippen molar-refractivity contribution in [3.05, 3.63) is 42.4 Å². The summed E-state index contributed by atoms with van der Waals surface area (Å²) in [4.78, 5) is 18.8. The molecule has 0 saturated carbocycles. The molecule has 0 aliphatic carbocycles. The Labute approximate surface area is 182 Å². The van der Waals surface area contributed by atoms with E-state index >= 15 is 0 Å². The molecule has 1 fully saturated rings. The van der Waals surface area contributed by atoms with Crippen LogP contribution < -0.4 is 20.3 Å². The number of aromatic nitrogens is 5. The minimum atomic E-state index is -0.792. The molecule has 11 nitrogen and oxygen atoms in total. The lowest BCUT2D eigenvalue weighted by Gasteiger charge is -2.16. The van der Waals surface area contributed by atoms with Crippen molar-refractivity contribution in [1.82, 2.24) is 25.4 Å². The number of nitrogens with one attached hydrogen (secondary N) is 2. The first-order chi connectivity index (χ1) is 15.2. The van der Waals surface area contributed by atoms with Crippen molar-refractivity contribution in [3.8, 4) is 5.75 Å². The van der Waals surface area contributed by atoms with Crippen molar-refractivity contribution < 1.29 is 14.3 Å². The number of rotatable bonds is 8. The molecule has 1 aliphatic heterocycles. The minimum Gasteiger partial charge on any atom is -0.497 e. The maximum Gasteiger partial charge on any atom is 0.259 e. The van der Waals surface area contributed by atoms with Gasteiger partial charge in [0, 0.05) is 26.2 Å². The van der Waals surface area contributed by atoms with E-state index in [0.29, 0.717) is 21.6 Å². The van der Waals surface area contributed by atoms with Crippen LogP contribution in [0.3, 0.4) is 0 Å². The van der Waals surface area contributed by atoms with E-state index in [2.05, 4.69) is 40.9 Å². The van der Waals surface area contributed by atoms with Gasteiger partial charge in [-0.3, -0.25) is 10.1 Å². The Hall–Kier alpha value is -3.38. The highest BCUT2D eigenvalue weighted by Crippen LogP contribution is 2.27. The van der Waals surface area contributed by atoms with E-state index in [0.717, 1.165) is 25.3 Å². The number of ether oxygens (including phenoxy) is 2. The molecule has 2 N–H and O–H groups in total. The van der Waals surface area contributed by atoms with Gasteiger partial charge >= 0.3 is 0 Å². The van der Waals surface area contributed by atoms with Crippen molar-refractivity contribution in [3.63, 3.8) is 0 Å². The largest absolute Gasteiger partial charge is 0.497 e. The number of nitrogens with zero attached hydrogens (tertiary/aromatic N) is 6. The molecule has 2 unspecified atom stereocenters. The number of methoxy groups -OCH3 is 2. The summed E-state index contributed by atoms with van der Waals surface area (Å²) < 4.78 is 10.6. The predicted molar refractivity (Wildman–Crippen MR) is 115 cm³/mol. The van der Waals surface area contributed by atoms with E-state index in [9.17, 15) is 4.79 Å². The van der Waals surface area contributed by atoms with E-state index in [-0.39, 0.29) is 11.9 Å². The van der Waals surface area contributed by atoms with Crippen LogP contribution in [0.2, 0.25) is 0 Å². The molecule has 3 heterocycles. The van der Waals surface area contributed by atoms with Crippen LogP contribution in [-0.2, 0) is 9.53 Å². The number of carbonyl (C=O) groups excluding carboxylic acids is 1. The third-order valence-electron chi connectivity index (χ3n) is 4.83. The SMILES string of the molecule is COc1cccc(C(OC)C(=O)Nc2nnc(NC3CCN(c4cncnn4)C3)s2)c1. The van der Waals surface area contributed by atoms with Gasteiger partial charge < -0.3 is 19.7 Å². The number of carbonyl (C=O) groups is 1. The minimum absolute atomic E-state index is 0.182. The topological polar surface area (TPSA) is 127 Å². The Morgan fingerprint density at radius 1 is 1.26 bits per heavy atom. The second kappa shape index (κ2) is 9.62. The predicted octanol–water partition coefficient (Wildman–Crippen LogP) is 1.75. The average molecular weight is 443 g/mol. The molecule has 0 spiro atoms. The van der Waals surface area contributed by atoms with Gasteiger partial charge in [-0.25, -0.2) is 4.98 Å². The molecule has 31 heavy (non-hydrogen) atoms. The molecule has 2 atom stereocenters. The van der Waals surface area contributed by atoms with Gasteiger partial charge in [0.2, 0.25) is 10.3 Å². The summed E-state index contributed by atoms with van der Waals surface area (Å²) in [6.07, 6.45) is 3.23. The van der Waals surface area contributed by atoms with Gasteiger partial charge in [-0.15, -0.1) is 20.4 Å². The van der Waals surface area contributed by atoms with Crippen LogP contribution in [0.1, 0.15) is 18.1 Å². The van der Waals surface area contributed by atoms with Gasteiger partial charge in [0.15, 0.2) is 11.9 Å². The van der Waals surface area contributed by atoms with Crippen molar-refractivity contribution in [2.45, 2.75) is 18.6 Å². The second-order valence-electron chi connectivity index (χ2n) is 6.84. The van der Waals surface area contributed by atoms with Crippen LogP contribution in [0.5, 0.6) is 5.75 Å². The number of amides is 1. The van der Waals surface area contributed by atoms with Crippen molar-refractivity contribution in [1.29, 1.82) is 0 Å². The van der Waals surface area contributed by atoms with Gasteiger partial charge in [-0.2, -0.15) is 0 Å². The Bertz CT molecular complexity index is 1020. The molecule has 0 radical (unpaired) electrons. The monoisotopic (exact) mass is 442 g/mol. The van der Waals surface area contributed by atoms with E-state index in [1.807, 2.05) is 18.2 Å². The molecule has 12 heteroatoms. The molecular weight excluding hydrogens is 420 g/mol. The molecule has 1 aromatic carbocycles. The number of hydrogen-bond acceptors (Lipinski definition) is 11. The van der Waals surface area contributed by atoms with Gasteiger partial charge in [0.1, 0.15) is 12.1 Å². The lowest BCUT2D eigenvalue weighted by atomic mass is 10.1. The third-order valence-corrected chi connectivity index (χ3v) is 5.60. The molecule has 3 aromatic rings. The number of hydrogen-bond donors (Lipinski definition) is 2. The summed E-state index contributed by atoms with van der Waals surface area (Å²) in [5, 5.41) is 23.3. The van der Waals surface area contributed by atoms with Gasteiger partial charge in [0.05, 0.1) is 13.3 Å². The van der Waals surface area contributed by atoms with Crippen LogP contribution in [0.15, 0.2) is 36.8 Å². The van der Waals surface area contributed by atoms with Crippen LogP contribution in [0.25, 0.3) is 0 Å². The Morgan fingerprint density at radius 2 is 2.13 bits per heavy atom. The van der Waals surface area contributed by atoms with Crippen LogP contribution in [0, 0.1) is 0 Å². The highest BCUT2D eigenvalue weighted by atomic mass is 32.1. The van der Waals surface area contributed by atoms with Crippen molar-refractivity contribution >= 4 is 33.3 Å². The maximum absolute atomic E-state index is 12.7. The third kappa shape index (κ3) is 5.03. The molecule has 0 bridgehead atoms. The zero-order chi connectivity index (χ0) is 21.6. The zero-order valence-corrected chi connectivity index (χ0v) is 17.9. The van der Waals surface area contributed by atoms with Crippen LogP contribution >= 0.6 is 11.3 Å². The Morgan fingerprint density at radius 3 is 2.90 bits per heavy atom. The highest BCUT2D eigenvalue weighted by molar-refractivity contribution is 7.19. The van der Waals surface area contributed by atoms with Gasteiger partial charge in [0.25, 0.3) is 5.91 Å². The quantitative estimate of drug-likeness (QED) is 0.532. The molecule has 1 saturated heterocycles. The molecule has 162 valence electrons. The van der Waals surface area contributed by atoms with E-state index in [4.69, 9.17) is 9.47 Å². The summed E-state index contributed by atoms with van der Waals surface area (Å²) in [5.41, 5.74) is 0.687. The average Bonchev–Trinajstić information content (AvgIpc) is 3.45. The lowest BCUT2D eigenvalue weighted by Crippen LogP contribution is -2.26. The lowest BCUT2D eigenvalue weighted by molar-refractivity contribution is -0.126. The number of benzene rings is 1. The van der Waals surface area contributed by atoms with Gasteiger partial charge in [-0.05, 0) is 24.1 Å². The maximum atomic E-state index is 12.7. The smallest absolute Gasteiger partial charge is 0.259 e. The Balaban J connectivity index is 1.35. The van der Waals surface area contributed by atoms with Gasteiger partial charge in [-0.1, -0.05) is 23.5 Å². The van der Waals surface area contributed by atoms with Crippen molar-refractivity contribution in [2.75, 3.05) is 42.8 Å². The highest BCUT2D eigenvalue weighted by Gasteiger charge is 2.26. The first kappa shape index (κ1) is 20.9. The van der Waals surface area contributed by atoms with E-state index in [1.165, 1.54) is 24.8 Å². The molecule has 4 rings (SSSR count). The molecule has 1 aliphatic rings. The number of anilines is 3. The first-order valence-corrected chi connectivity index (χ1v) is 10.4. The molecular formula is C19H22N8O3S. The summed E-state index contributed by atoms with van der Waals surface area (Å²) in [6.45, 7) is 1.60. The molecule has 2 aromatic heterocycles. The second-order valence-corrected chi connectivity index (χ2v) is 7.81. The fourth-order valence-corrected chi connectivity index (χ4v) is 4.07. The fraction of sp³-hybridized carbons (Fsp3) is 0.368. The summed E-state index contributed by atoms with van der Waals surface area (Å²) in [6, 6.07) is 7.37. The van der Waals surface area contributed by atoms with E-state index in [1.54, 1.807) is 19.4 Å². The zero-order valence-electron chi connectivity index (χ0n) is 17.1. The standard InChI is InChI=1S/C19H22N8O3S/c1-29-14-5-3-4-12(8-14)16(30-2)17(28)23-19-26-25-18(31-19)22-13-6-7-27(10-13)15-9-20-11-21-24-15/h3-5,8-9,11,13,16H,6-7,10H2,1-2H3,(H,22,25)(H,23,26,28). The fourth-order valence-electron chi connectivity index (χ4n) is 3.35. The first-order valence-electron chi connectivity index (χ1n) is 9.61. The normalized spacial score (nSPS) is 16.7. The van der Waals surface area contributed by atoms with E-state index < -0.39 is 6.10 Å². The molecule has 1 amide bonds. The summed E-state index contributed by atoms with van der Waals surface area (Å²) >= 11 is 1.27. The Kier molecular flexibility index (Phi) is 6.48. The summed E-state index contributed by atoms with van der Waals surface area (Å²) in [5.74, 6) is 1.07. The summed E-state index contributed by atoms with van der Waals surface area (Å²) in [7, 11) is 3.06.